The zero-order chi connectivity index (χ0) is 26.2. The van der Waals surface area contributed by atoms with E-state index in [0.29, 0.717) is 17.6 Å². The summed E-state index contributed by atoms with van der Waals surface area (Å²) in [7, 11) is 0. The molecule has 0 heterocycles. The Labute approximate surface area is 202 Å². The second-order valence-corrected chi connectivity index (χ2v) is 9.04. The van der Waals surface area contributed by atoms with Gasteiger partial charge in [-0.3, -0.25) is 14.4 Å². The molecule has 0 bridgehead atoms. The van der Waals surface area contributed by atoms with Crippen LogP contribution in [0.15, 0.2) is 34.9 Å². The number of ether oxygens (including phenoxy) is 4. The van der Waals surface area contributed by atoms with E-state index in [2.05, 4.69) is 0 Å². The maximum atomic E-state index is 12.4. The van der Waals surface area contributed by atoms with E-state index >= 15 is 0 Å². The largest absolute Gasteiger partial charge is 0.458 e. The number of carbonyl (C=O) groups is 4. The van der Waals surface area contributed by atoms with Crippen LogP contribution in [0.2, 0.25) is 0 Å². The number of carbonyl (C=O) groups excluding carboxylic acids is 4. The van der Waals surface area contributed by atoms with E-state index in [-0.39, 0.29) is 5.92 Å². The van der Waals surface area contributed by atoms with Crippen LogP contribution in [0.5, 0.6) is 0 Å². The third-order valence-electron chi connectivity index (χ3n) is 5.62. The Hall–Kier alpha value is -2.90. The first-order valence-corrected chi connectivity index (χ1v) is 11.5. The number of allylic oxidation sites excluding steroid dienone is 2. The summed E-state index contributed by atoms with van der Waals surface area (Å²) in [5.74, 6) is -2.81. The van der Waals surface area contributed by atoms with Crippen LogP contribution in [0.1, 0.15) is 68.7 Å². The van der Waals surface area contributed by atoms with E-state index in [4.69, 9.17) is 18.9 Å². The van der Waals surface area contributed by atoms with E-state index in [1.807, 2.05) is 26.8 Å². The van der Waals surface area contributed by atoms with Gasteiger partial charge in [0.25, 0.3) is 0 Å². The summed E-state index contributed by atoms with van der Waals surface area (Å²) >= 11 is 0. The maximum Gasteiger partial charge on any atom is 0.333 e. The summed E-state index contributed by atoms with van der Waals surface area (Å²) < 4.78 is 22.4. The Morgan fingerprint density at radius 1 is 0.941 bits per heavy atom. The zero-order valence-electron chi connectivity index (χ0n) is 21.7. The molecule has 6 unspecified atom stereocenters. The fourth-order valence-corrected chi connectivity index (χ4v) is 4.13. The Bertz CT molecular complexity index is 862. The molecule has 0 N–H and O–H groups in total. The molecule has 0 amide bonds. The fourth-order valence-electron chi connectivity index (χ4n) is 4.13. The number of hydrogen-bond acceptors (Lipinski definition) is 8. The number of hydrogen-bond donors (Lipinski definition) is 0. The smallest absolute Gasteiger partial charge is 0.333 e. The highest BCUT2D eigenvalue weighted by Crippen LogP contribution is 2.38. The number of rotatable bonds is 9. The van der Waals surface area contributed by atoms with Crippen LogP contribution in [0.4, 0.5) is 0 Å². The standard InChI is InChI=1S/C26H38O8/c1-10-15(4)26(30)34-21(11-14(2)3)12-16(5)23-22(31-18(7)27)13-17(6)24(32-19(8)28)25(23)33-20(9)29/h10-11,13,16,21-25H,12H2,1-9H3. The predicted molar refractivity (Wildman–Crippen MR) is 126 cm³/mol. The average molecular weight is 479 g/mol. The minimum Gasteiger partial charge on any atom is -0.458 e. The van der Waals surface area contributed by atoms with Gasteiger partial charge in [0.2, 0.25) is 0 Å². The first kappa shape index (κ1) is 29.1. The van der Waals surface area contributed by atoms with Gasteiger partial charge < -0.3 is 18.9 Å². The molecule has 0 radical (unpaired) electrons. The van der Waals surface area contributed by atoms with Gasteiger partial charge in [0.1, 0.15) is 18.3 Å². The third kappa shape index (κ3) is 8.80. The van der Waals surface area contributed by atoms with Gasteiger partial charge in [-0.15, -0.1) is 0 Å². The van der Waals surface area contributed by atoms with Crippen molar-refractivity contribution in [1.82, 2.24) is 0 Å². The first-order chi connectivity index (χ1) is 15.8. The summed E-state index contributed by atoms with van der Waals surface area (Å²) in [5.41, 5.74) is 2.07. The van der Waals surface area contributed by atoms with Gasteiger partial charge in [0.05, 0.1) is 0 Å². The Kier molecular flexibility index (Phi) is 11.2. The molecule has 0 aromatic carbocycles. The SMILES string of the molecule is CC=C(C)C(=O)OC(C=C(C)C)CC(C)C1C(OC(C)=O)C=C(C)C(OC(C)=O)C1OC(C)=O. The van der Waals surface area contributed by atoms with Crippen LogP contribution in [0.25, 0.3) is 0 Å². The maximum absolute atomic E-state index is 12.4. The van der Waals surface area contributed by atoms with Crippen molar-refractivity contribution in [2.24, 2.45) is 11.8 Å². The molecule has 0 spiro atoms. The normalized spacial score (nSPS) is 24.1. The topological polar surface area (TPSA) is 105 Å². The monoisotopic (exact) mass is 478 g/mol. The molecule has 0 saturated heterocycles. The average Bonchev–Trinajstić information content (AvgIpc) is 2.68. The Morgan fingerprint density at radius 2 is 1.50 bits per heavy atom. The van der Waals surface area contributed by atoms with E-state index in [1.165, 1.54) is 20.8 Å². The van der Waals surface area contributed by atoms with Crippen molar-refractivity contribution < 1.29 is 38.1 Å². The van der Waals surface area contributed by atoms with Crippen molar-refractivity contribution in [2.45, 2.75) is 93.2 Å². The van der Waals surface area contributed by atoms with E-state index < -0.39 is 54.2 Å². The van der Waals surface area contributed by atoms with Crippen molar-refractivity contribution in [3.63, 3.8) is 0 Å². The molecule has 8 heteroatoms. The third-order valence-corrected chi connectivity index (χ3v) is 5.62. The molecule has 1 aliphatic carbocycles. The molecule has 6 atom stereocenters. The molecule has 190 valence electrons. The van der Waals surface area contributed by atoms with E-state index in [9.17, 15) is 19.2 Å². The van der Waals surface area contributed by atoms with Gasteiger partial charge in [-0.1, -0.05) is 18.6 Å². The number of esters is 4. The minimum absolute atomic E-state index is 0.268. The van der Waals surface area contributed by atoms with Crippen molar-refractivity contribution in [1.29, 1.82) is 0 Å². The predicted octanol–water partition coefficient (Wildman–Crippen LogP) is 4.23. The van der Waals surface area contributed by atoms with Gasteiger partial charge in [-0.2, -0.15) is 0 Å². The lowest BCUT2D eigenvalue weighted by Crippen LogP contribution is -2.52. The summed E-state index contributed by atoms with van der Waals surface area (Å²) in [4.78, 5) is 48.1. The van der Waals surface area contributed by atoms with Crippen molar-refractivity contribution in [2.75, 3.05) is 0 Å². The van der Waals surface area contributed by atoms with E-state index in [0.717, 1.165) is 5.57 Å². The minimum atomic E-state index is -0.883. The molecule has 34 heavy (non-hydrogen) atoms. The van der Waals surface area contributed by atoms with Gasteiger partial charge in [-0.25, -0.2) is 4.79 Å². The van der Waals surface area contributed by atoms with Gasteiger partial charge in [-0.05, 0) is 64.7 Å². The Morgan fingerprint density at radius 3 is 1.97 bits per heavy atom. The molecule has 0 aromatic rings. The van der Waals surface area contributed by atoms with Crippen molar-refractivity contribution >= 4 is 23.9 Å². The van der Waals surface area contributed by atoms with Crippen LogP contribution in [0, 0.1) is 11.8 Å². The Balaban J connectivity index is 3.42. The van der Waals surface area contributed by atoms with Gasteiger partial charge in [0, 0.05) is 32.3 Å². The highest BCUT2D eigenvalue weighted by Gasteiger charge is 2.47. The molecule has 0 saturated carbocycles. The lowest BCUT2D eigenvalue weighted by molar-refractivity contribution is -0.179. The molecule has 0 fully saturated rings. The zero-order valence-corrected chi connectivity index (χ0v) is 21.7. The fraction of sp³-hybridized carbons (Fsp3) is 0.615. The molecular formula is C26H38O8. The first-order valence-electron chi connectivity index (χ1n) is 11.5. The summed E-state index contributed by atoms with van der Waals surface area (Å²) in [6.45, 7) is 14.7. The second-order valence-electron chi connectivity index (χ2n) is 9.04. The van der Waals surface area contributed by atoms with Gasteiger partial charge in [0.15, 0.2) is 6.10 Å². The van der Waals surface area contributed by atoms with E-state index in [1.54, 1.807) is 32.9 Å². The van der Waals surface area contributed by atoms with Crippen molar-refractivity contribution in [3.05, 3.63) is 34.9 Å². The molecule has 0 aromatic heterocycles. The van der Waals surface area contributed by atoms with Crippen LogP contribution >= 0.6 is 0 Å². The van der Waals surface area contributed by atoms with Gasteiger partial charge >= 0.3 is 23.9 Å². The molecular weight excluding hydrogens is 440 g/mol. The lowest BCUT2D eigenvalue weighted by Gasteiger charge is -2.42. The summed E-state index contributed by atoms with van der Waals surface area (Å²) in [6.07, 6.45) is 2.64. The van der Waals surface area contributed by atoms with Crippen LogP contribution in [0.3, 0.4) is 0 Å². The van der Waals surface area contributed by atoms with Crippen molar-refractivity contribution in [3.8, 4) is 0 Å². The highest BCUT2D eigenvalue weighted by atomic mass is 16.6. The van der Waals surface area contributed by atoms with Crippen LogP contribution < -0.4 is 0 Å². The lowest BCUT2D eigenvalue weighted by atomic mass is 9.74. The quantitative estimate of drug-likeness (QED) is 0.210. The molecule has 1 rings (SSSR count). The highest BCUT2D eigenvalue weighted by molar-refractivity contribution is 5.87. The molecule has 8 nitrogen and oxygen atoms in total. The van der Waals surface area contributed by atoms with Crippen LogP contribution in [-0.2, 0) is 38.1 Å². The summed E-state index contributed by atoms with van der Waals surface area (Å²) in [5, 5.41) is 0. The molecule has 0 aliphatic heterocycles. The van der Waals surface area contributed by atoms with Crippen LogP contribution in [-0.4, -0.2) is 48.3 Å². The summed E-state index contributed by atoms with van der Waals surface area (Å²) in [6, 6.07) is 0. The second kappa shape index (κ2) is 13.1. The molecule has 1 aliphatic rings.